The molecule has 0 unspecified atom stereocenters. The molecule has 138 valence electrons. The van der Waals surface area contributed by atoms with Crippen LogP contribution < -0.4 is 5.32 Å². The first-order valence-corrected chi connectivity index (χ1v) is 10.4. The summed E-state index contributed by atoms with van der Waals surface area (Å²) >= 11 is 3.29. The highest BCUT2D eigenvalue weighted by Crippen LogP contribution is 2.22. The van der Waals surface area contributed by atoms with Crippen LogP contribution in [0.5, 0.6) is 0 Å². The first-order chi connectivity index (χ1) is 12.4. The van der Waals surface area contributed by atoms with Crippen LogP contribution in [0.25, 0.3) is 0 Å². The van der Waals surface area contributed by atoms with Crippen molar-refractivity contribution < 1.29 is 17.6 Å². The van der Waals surface area contributed by atoms with E-state index in [4.69, 9.17) is 0 Å². The maximum Gasteiger partial charge on any atom is 0.254 e. The Morgan fingerprint density at radius 1 is 1.08 bits per heavy atom. The molecule has 5 nitrogen and oxygen atoms in total. The van der Waals surface area contributed by atoms with Gasteiger partial charge in [0, 0.05) is 23.6 Å². The number of nitrogens with zero attached hydrogens (tertiary/aromatic N) is 1. The zero-order valence-corrected chi connectivity index (χ0v) is 16.3. The molecule has 3 rings (SSSR count). The second-order valence-electron chi connectivity index (χ2n) is 6.09. The summed E-state index contributed by atoms with van der Waals surface area (Å²) in [7, 11) is -3.55. The Morgan fingerprint density at radius 3 is 2.31 bits per heavy atom. The Kier molecular flexibility index (Phi) is 5.74. The summed E-state index contributed by atoms with van der Waals surface area (Å²) in [6, 6.07) is 12.1. The lowest BCUT2D eigenvalue weighted by Gasteiger charge is -2.31. The number of carbonyl (C=O) groups is 1. The van der Waals surface area contributed by atoms with E-state index in [2.05, 4.69) is 21.2 Å². The molecule has 1 amide bonds. The summed E-state index contributed by atoms with van der Waals surface area (Å²) in [4.78, 5) is 12.4. The fourth-order valence-electron chi connectivity index (χ4n) is 2.90. The minimum atomic E-state index is -3.55. The van der Waals surface area contributed by atoms with E-state index in [1.54, 1.807) is 30.3 Å². The number of benzene rings is 2. The summed E-state index contributed by atoms with van der Waals surface area (Å²) in [5.41, 5.74) is -0.00239. The third kappa shape index (κ3) is 4.13. The Balaban J connectivity index is 1.61. The molecule has 26 heavy (non-hydrogen) atoms. The van der Waals surface area contributed by atoms with Crippen LogP contribution in [0.4, 0.5) is 4.39 Å². The van der Waals surface area contributed by atoms with Gasteiger partial charge in [-0.05, 0) is 49.2 Å². The topological polar surface area (TPSA) is 66.5 Å². The van der Waals surface area contributed by atoms with E-state index < -0.39 is 21.7 Å². The van der Waals surface area contributed by atoms with Crippen molar-refractivity contribution >= 4 is 31.9 Å². The standard InChI is InChI=1S/C18H18BrFN2O3S/c19-13-5-7-15(8-6-13)26(24,25)22-11-9-14(10-12-22)21-18(23)16-3-1-2-4-17(16)20/h1-8,14H,9-12H2,(H,21,23). The second kappa shape index (κ2) is 7.85. The largest absolute Gasteiger partial charge is 0.349 e. The van der Waals surface area contributed by atoms with Crippen molar-refractivity contribution in [1.82, 2.24) is 9.62 Å². The molecule has 1 aliphatic heterocycles. The number of hydrogen-bond donors (Lipinski definition) is 1. The van der Waals surface area contributed by atoms with Gasteiger partial charge in [-0.25, -0.2) is 12.8 Å². The molecular formula is C18H18BrFN2O3S. The first-order valence-electron chi connectivity index (χ1n) is 8.19. The number of carbonyl (C=O) groups excluding carboxylic acids is 1. The maximum absolute atomic E-state index is 13.7. The van der Waals surface area contributed by atoms with Crippen LogP contribution in [-0.4, -0.2) is 37.8 Å². The number of piperidine rings is 1. The van der Waals surface area contributed by atoms with Gasteiger partial charge in [0.2, 0.25) is 10.0 Å². The van der Waals surface area contributed by atoms with Crippen molar-refractivity contribution in [3.8, 4) is 0 Å². The number of rotatable bonds is 4. The number of sulfonamides is 1. The molecule has 8 heteroatoms. The zero-order valence-electron chi connectivity index (χ0n) is 13.9. The summed E-state index contributed by atoms with van der Waals surface area (Å²) in [6.45, 7) is 0.612. The molecule has 0 spiro atoms. The average molecular weight is 441 g/mol. The molecule has 0 aromatic heterocycles. The van der Waals surface area contributed by atoms with Gasteiger partial charge in [0.05, 0.1) is 10.5 Å². The van der Waals surface area contributed by atoms with Gasteiger partial charge in [0.25, 0.3) is 5.91 Å². The molecule has 2 aromatic rings. The normalized spacial score (nSPS) is 16.4. The van der Waals surface area contributed by atoms with Crippen LogP contribution in [0, 0.1) is 5.82 Å². The van der Waals surface area contributed by atoms with E-state index in [1.165, 1.54) is 22.5 Å². The maximum atomic E-state index is 13.7. The van der Waals surface area contributed by atoms with Crippen LogP contribution in [0.2, 0.25) is 0 Å². The monoisotopic (exact) mass is 440 g/mol. The van der Waals surface area contributed by atoms with E-state index in [1.807, 2.05) is 0 Å². The fourth-order valence-corrected chi connectivity index (χ4v) is 4.64. The van der Waals surface area contributed by atoms with Crippen molar-refractivity contribution in [2.75, 3.05) is 13.1 Å². The molecule has 0 radical (unpaired) electrons. The third-order valence-corrected chi connectivity index (χ3v) is 6.80. The minimum Gasteiger partial charge on any atom is -0.349 e. The van der Waals surface area contributed by atoms with Crippen LogP contribution in [0.15, 0.2) is 57.9 Å². The SMILES string of the molecule is O=C(NC1CCN(S(=O)(=O)c2ccc(Br)cc2)CC1)c1ccccc1F. The molecule has 0 bridgehead atoms. The highest BCUT2D eigenvalue weighted by Gasteiger charge is 2.30. The smallest absolute Gasteiger partial charge is 0.254 e. The number of hydrogen-bond acceptors (Lipinski definition) is 3. The second-order valence-corrected chi connectivity index (χ2v) is 8.94. The van der Waals surface area contributed by atoms with Crippen molar-refractivity contribution in [1.29, 1.82) is 0 Å². The van der Waals surface area contributed by atoms with E-state index in [-0.39, 0.29) is 16.5 Å². The first kappa shape index (κ1) is 19.0. The molecular weight excluding hydrogens is 423 g/mol. The quantitative estimate of drug-likeness (QED) is 0.793. The van der Waals surface area contributed by atoms with Crippen molar-refractivity contribution in [3.05, 3.63) is 64.4 Å². The Bertz CT molecular complexity index is 895. The highest BCUT2D eigenvalue weighted by atomic mass is 79.9. The van der Waals surface area contributed by atoms with E-state index in [0.717, 1.165) is 4.47 Å². The number of amides is 1. The van der Waals surface area contributed by atoms with E-state index >= 15 is 0 Å². The van der Waals surface area contributed by atoms with Gasteiger partial charge in [0.15, 0.2) is 0 Å². The van der Waals surface area contributed by atoms with Crippen LogP contribution >= 0.6 is 15.9 Å². The molecule has 1 heterocycles. The summed E-state index contributed by atoms with van der Waals surface area (Å²) in [5.74, 6) is -1.04. The van der Waals surface area contributed by atoms with Crippen molar-refractivity contribution in [2.45, 2.75) is 23.8 Å². The number of halogens is 2. The van der Waals surface area contributed by atoms with E-state index in [0.29, 0.717) is 25.9 Å². The Morgan fingerprint density at radius 2 is 1.69 bits per heavy atom. The fraction of sp³-hybridized carbons (Fsp3) is 0.278. The molecule has 1 saturated heterocycles. The van der Waals surface area contributed by atoms with Gasteiger partial charge >= 0.3 is 0 Å². The van der Waals surface area contributed by atoms with Gasteiger partial charge in [0.1, 0.15) is 5.82 Å². The Labute approximate surface area is 160 Å². The lowest BCUT2D eigenvalue weighted by atomic mass is 10.1. The Hall–Kier alpha value is -1.77. The van der Waals surface area contributed by atoms with Gasteiger partial charge < -0.3 is 5.32 Å². The van der Waals surface area contributed by atoms with Gasteiger partial charge in [-0.2, -0.15) is 4.31 Å². The molecule has 1 aliphatic rings. The average Bonchev–Trinajstić information content (AvgIpc) is 2.63. The van der Waals surface area contributed by atoms with Crippen molar-refractivity contribution in [3.63, 3.8) is 0 Å². The lowest BCUT2D eigenvalue weighted by Crippen LogP contribution is -2.46. The van der Waals surface area contributed by atoms with E-state index in [9.17, 15) is 17.6 Å². The zero-order chi connectivity index (χ0) is 18.7. The van der Waals surface area contributed by atoms with Gasteiger partial charge in [-0.1, -0.05) is 28.1 Å². The highest BCUT2D eigenvalue weighted by molar-refractivity contribution is 9.10. The van der Waals surface area contributed by atoms with Gasteiger partial charge in [-0.15, -0.1) is 0 Å². The molecule has 2 aromatic carbocycles. The number of nitrogens with one attached hydrogen (secondary N) is 1. The van der Waals surface area contributed by atoms with Gasteiger partial charge in [-0.3, -0.25) is 4.79 Å². The minimum absolute atomic E-state index is 0.00239. The summed E-state index contributed by atoms with van der Waals surface area (Å²) < 4.78 is 41.2. The molecule has 1 N–H and O–H groups in total. The van der Waals surface area contributed by atoms with Crippen LogP contribution in [0.1, 0.15) is 23.2 Å². The third-order valence-electron chi connectivity index (χ3n) is 4.36. The summed E-state index contributed by atoms with van der Waals surface area (Å²) in [6.07, 6.45) is 0.964. The molecule has 1 fully saturated rings. The predicted octanol–water partition coefficient (Wildman–Crippen LogP) is 3.17. The van der Waals surface area contributed by atoms with Crippen LogP contribution in [0.3, 0.4) is 0 Å². The molecule has 0 atom stereocenters. The van der Waals surface area contributed by atoms with Crippen LogP contribution in [-0.2, 0) is 10.0 Å². The lowest BCUT2D eigenvalue weighted by molar-refractivity contribution is 0.0919. The molecule has 0 aliphatic carbocycles. The molecule has 0 saturated carbocycles. The van der Waals surface area contributed by atoms with Crippen molar-refractivity contribution in [2.24, 2.45) is 0 Å². The summed E-state index contributed by atoms with van der Waals surface area (Å²) in [5, 5.41) is 2.79. The predicted molar refractivity (Wildman–Crippen MR) is 99.8 cm³/mol.